The van der Waals surface area contributed by atoms with E-state index in [4.69, 9.17) is 5.73 Å². The number of hydrogen-bond acceptors (Lipinski definition) is 2. The molecule has 0 amide bonds. The first-order valence-corrected chi connectivity index (χ1v) is 5.55. The summed E-state index contributed by atoms with van der Waals surface area (Å²) < 4.78 is 37.2. The molecule has 2 rings (SSSR count). The van der Waals surface area contributed by atoms with Crippen molar-refractivity contribution in [2.24, 2.45) is 5.73 Å². The zero-order valence-corrected chi connectivity index (χ0v) is 9.83. The zero-order chi connectivity index (χ0) is 13.3. The van der Waals surface area contributed by atoms with Gasteiger partial charge < -0.3 is 5.73 Å². The molecule has 0 bridgehead atoms. The topological polar surface area (TPSA) is 38.9 Å². The van der Waals surface area contributed by atoms with Crippen LogP contribution in [0.15, 0.2) is 30.3 Å². The van der Waals surface area contributed by atoms with E-state index >= 15 is 0 Å². The molecule has 1 atom stereocenters. The Labute approximate surface area is 103 Å². The van der Waals surface area contributed by atoms with Crippen LogP contribution in [0.1, 0.15) is 23.7 Å². The number of benzene rings is 1. The Morgan fingerprint density at radius 2 is 1.94 bits per heavy atom. The molecule has 0 radical (unpaired) electrons. The van der Waals surface area contributed by atoms with E-state index in [9.17, 15) is 13.2 Å². The third-order valence-electron chi connectivity index (χ3n) is 2.73. The predicted octanol–water partition coefficient (Wildman–Crippen LogP) is 3.50. The maximum atomic E-state index is 12.4. The van der Waals surface area contributed by atoms with Gasteiger partial charge in [0.2, 0.25) is 0 Å². The minimum Gasteiger partial charge on any atom is -0.324 e. The molecule has 1 aromatic carbocycles. The minimum atomic E-state index is -4.27. The molecule has 2 nitrogen and oxygen atoms in total. The van der Waals surface area contributed by atoms with Gasteiger partial charge in [-0.3, -0.25) is 4.98 Å². The van der Waals surface area contributed by atoms with Crippen LogP contribution in [0.5, 0.6) is 0 Å². The van der Waals surface area contributed by atoms with Crippen molar-refractivity contribution in [3.05, 3.63) is 41.6 Å². The highest BCUT2D eigenvalue weighted by Gasteiger charge is 2.31. The average Bonchev–Trinajstić information content (AvgIpc) is 2.25. The quantitative estimate of drug-likeness (QED) is 0.890. The first-order valence-electron chi connectivity index (χ1n) is 5.55. The summed E-state index contributed by atoms with van der Waals surface area (Å²) in [5, 5.41) is 0.680. The first kappa shape index (κ1) is 12.8. The number of pyridine rings is 1. The van der Waals surface area contributed by atoms with Gasteiger partial charge in [-0.15, -0.1) is 0 Å². The third-order valence-corrected chi connectivity index (χ3v) is 2.73. The lowest BCUT2D eigenvalue weighted by Crippen LogP contribution is -2.20. The molecule has 0 saturated carbocycles. The van der Waals surface area contributed by atoms with E-state index in [-0.39, 0.29) is 0 Å². The summed E-state index contributed by atoms with van der Waals surface area (Å²) >= 11 is 0. The lowest BCUT2D eigenvalue weighted by molar-refractivity contribution is -0.138. The normalized spacial score (nSPS) is 13.8. The lowest BCUT2D eigenvalue weighted by atomic mass is 9.99. The molecule has 96 valence electrons. The second kappa shape index (κ2) is 4.57. The number of hydrogen-bond donors (Lipinski definition) is 1. The lowest BCUT2D eigenvalue weighted by Gasteiger charge is -2.17. The Morgan fingerprint density at radius 1 is 1.28 bits per heavy atom. The molecule has 2 aromatic rings. The van der Waals surface area contributed by atoms with Crippen molar-refractivity contribution < 1.29 is 13.2 Å². The van der Waals surface area contributed by atoms with Crippen LogP contribution >= 0.6 is 0 Å². The first-order chi connectivity index (χ1) is 8.37. The van der Waals surface area contributed by atoms with E-state index in [0.717, 1.165) is 0 Å². The Balaban J connectivity index is 2.49. The highest BCUT2D eigenvalue weighted by atomic mass is 19.4. The van der Waals surface area contributed by atoms with Gasteiger partial charge in [0.1, 0.15) is 0 Å². The molecule has 18 heavy (non-hydrogen) atoms. The van der Waals surface area contributed by atoms with Gasteiger partial charge >= 0.3 is 6.18 Å². The van der Waals surface area contributed by atoms with Crippen molar-refractivity contribution in [3.63, 3.8) is 0 Å². The van der Waals surface area contributed by atoms with Gasteiger partial charge in [-0.2, -0.15) is 13.2 Å². The van der Waals surface area contributed by atoms with Gasteiger partial charge in [0.25, 0.3) is 0 Å². The summed E-state index contributed by atoms with van der Waals surface area (Å²) in [4.78, 5) is 4.28. The Bertz CT molecular complexity index is 564. The van der Waals surface area contributed by atoms with Gasteiger partial charge in [-0.05, 0) is 24.6 Å². The van der Waals surface area contributed by atoms with Crippen molar-refractivity contribution in [3.8, 4) is 0 Å². The molecular weight excluding hydrogens is 241 g/mol. The maximum absolute atomic E-state index is 12.4. The third kappa shape index (κ3) is 2.79. The van der Waals surface area contributed by atoms with Crippen LogP contribution in [-0.2, 0) is 0 Å². The van der Waals surface area contributed by atoms with Gasteiger partial charge in [-0.1, -0.05) is 18.2 Å². The van der Waals surface area contributed by atoms with Crippen LogP contribution in [0.4, 0.5) is 13.2 Å². The van der Waals surface area contributed by atoms with Crippen LogP contribution < -0.4 is 5.73 Å². The number of alkyl halides is 3. The van der Waals surface area contributed by atoms with Crippen molar-refractivity contribution in [2.45, 2.75) is 25.6 Å². The molecule has 5 heteroatoms. The summed E-state index contributed by atoms with van der Waals surface area (Å²) in [5.74, 6) is 0. The molecule has 0 aliphatic carbocycles. The molecule has 0 unspecified atom stereocenters. The number of para-hydroxylation sites is 1. The van der Waals surface area contributed by atoms with Crippen LogP contribution in [0.2, 0.25) is 0 Å². The second-order valence-electron chi connectivity index (χ2n) is 4.30. The summed E-state index contributed by atoms with van der Waals surface area (Å²) in [6.45, 7) is 1.75. The average molecular weight is 254 g/mol. The molecule has 0 fully saturated rings. The highest BCUT2D eigenvalue weighted by Crippen LogP contribution is 2.31. The van der Waals surface area contributed by atoms with Crippen molar-refractivity contribution in [1.29, 1.82) is 0 Å². The van der Waals surface area contributed by atoms with E-state index in [0.29, 0.717) is 22.2 Å². The van der Waals surface area contributed by atoms with E-state index < -0.39 is 18.6 Å². The van der Waals surface area contributed by atoms with E-state index in [1.54, 1.807) is 37.3 Å². The van der Waals surface area contributed by atoms with E-state index in [1.807, 2.05) is 0 Å². The molecule has 0 aliphatic rings. The molecular formula is C13H13F3N2. The SMILES string of the molecule is Cc1cc([C@H](N)CC(F)(F)F)c2ccccc2n1. The van der Waals surface area contributed by atoms with Crippen molar-refractivity contribution >= 4 is 10.9 Å². The molecule has 1 heterocycles. The second-order valence-corrected chi connectivity index (χ2v) is 4.30. The highest BCUT2D eigenvalue weighted by molar-refractivity contribution is 5.82. The largest absolute Gasteiger partial charge is 0.390 e. The number of fused-ring (bicyclic) bond motifs is 1. The summed E-state index contributed by atoms with van der Waals surface area (Å²) in [7, 11) is 0. The van der Waals surface area contributed by atoms with Gasteiger partial charge in [0.05, 0.1) is 11.9 Å². The number of rotatable bonds is 2. The summed E-state index contributed by atoms with van der Waals surface area (Å²) in [5.41, 5.74) is 7.50. The van der Waals surface area contributed by atoms with Gasteiger partial charge in [0.15, 0.2) is 0 Å². The summed E-state index contributed by atoms with van der Waals surface area (Å²) in [6, 6.07) is 7.64. The number of aromatic nitrogens is 1. The smallest absolute Gasteiger partial charge is 0.324 e. The number of nitrogens with zero attached hydrogens (tertiary/aromatic N) is 1. The number of halogens is 3. The fraction of sp³-hybridized carbons (Fsp3) is 0.308. The molecule has 0 aliphatic heterocycles. The molecule has 0 spiro atoms. The Hall–Kier alpha value is -1.62. The van der Waals surface area contributed by atoms with Crippen molar-refractivity contribution in [1.82, 2.24) is 4.98 Å². The molecule has 2 N–H and O–H groups in total. The standard InChI is InChI=1S/C13H13F3N2/c1-8-6-10(11(17)7-13(14,15)16)9-4-2-3-5-12(9)18-8/h2-6,11H,7,17H2,1H3/t11-/m1/s1. The Morgan fingerprint density at radius 3 is 2.61 bits per heavy atom. The van der Waals surface area contributed by atoms with Crippen molar-refractivity contribution in [2.75, 3.05) is 0 Å². The van der Waals surface area contributed by atoms with Gasteiger partial charge in [-0.25, -0.2) is 0 Å². The van der Waals surface area contributed by atoms with Crippen LogP contribution in [0.3, 0.4) is 0 Å². The zero-order valence-electron chi connectivity index (χ0n) is 9.83. The van der Waals surface area contributed by atoms with Crippen LogP contribution in [-0.4, -0.2) is 11.2 Å². The van der Waals surface area contributed by atoms with E-state index in [1.165, 1.54) is 0 Å². The predicted molar refractivity (Wildman–Crippen MR) is 64.1 cm³/mol. The fourth-order valence-corrected chi connectivity index (χ4v) is 2.01. The molecule has 1 aromatic heterocycles. The van der Waals surface area contributed by atoms with Crippen LogP contribution in [0.25, 0.3) is 10.9 Å². The van der Waals surface area contributed by atoms with Gasteiger partial charge in [0, 0.05) is 17.1 Å². The number of aryl methyl sites for hydroxylation is 1. The Kier molecular flexibility index (Phi) is 3.26. The summed E-state index contributed by atoms with van der Waals surface area (Å²) in [6.07, 6.45) is -5.29. The minimum absolute atomic E-state index is 0.496. The van der Waals surface area contributed by atoms with Crippen LogP contribution in [0, 0.1) is 6.92 Å². The maximum Gasteiger partial charge on any atom is 0.390 e. The fourth-order valence-electron chi connectivity index (χ4n) is 2.01. The monoisotopic (exact) mass is 254 g/mol. The molecule has 0 saturated heterocycles. The number of nitrogens with two attached hydrogens (primary N) is 1. The van der Waals surface area contributed by atoms with E-state index in [2.05, 4.69) is 4.98 Å².